The lowest BCUT2D eigenvalue weighted by atomic mass is 9.89. The van der Waals surface area contributed by atoms with E-state index in [1.165, 1.54) is 51.4 Å². The Kier molecular flexibility index (Phi) is 4.43. The molecule has 0 aromatic heterocycles. The number of rotatable bonds is 5. The highest BCUT2D eigenvalue weighted by atomic mass is 16.1. The Labute approximate surface area is 105 Å². The van der Waals surface area contributed by atoms with Crippen molar-refractivity contribution in [1.82, 2.24) is 10.6 Å². The first-order valence-electron chi connectivity index (χ1n) is 7.18. The maximum atomic E-state index is 11.7. The highest BCUT2D eigenvalue weighted by Crippen LogP contribution is 2.36. The molecule has 2 fully saturated rings. The van der Waals surface area contributed by atoms with Crippen LogP contribution in [0.4, 0.5) is 0 Å². The van der Waals surface area contributed by atoms with E-state index >= 15 is 0 Å². The molecule has 0 aromatic carbocycles. The summed E-state index contributed by atoms with van der Waals surface area (Å²) in [4.78, 5) is 11.7. The Bertz CT molecular complexity index is 253. The van der Waals surface area contributed by atoms with Crippen LogP contribution in [0.25, 0.3) is 0 Å². The zero-order valence-electron chi connectivity index (χ0n) is 11.1. The van der Waals surface area contributed by atoms with E-state index in [0.717, 1.165) is 6.54 Å². The van der Waals surface area contributed by atoms with E-state index in [-0.39, 0.29) is 5.91 Å². The van der Waals surface area contributed by atoms with Crippen molar-refractivity contribution in [2.45, 2.75) is 64.3 Å². The lowest BCUT2D eigenvalue weighted by Gasteiger charge is -2.23. The van der Waals surface area contributed by atoms with Gasteiger partial charge in [0.2, 0.25) is 5.91 Å². The predicted octanol–water partition coefficient (Wildman–Crippen LogP) is 2.22. The molecule has 0 heterocycles. The van der Waals surface area contributed by atoms with Gasteiger partial charge in [0, 0.05) is 12.6 Å². The minimum Gasteiger partial charge on any atom is -0.352 e. The number of amides is 1. The monoisotopic (exact) mass is 238 g/mol. The lowest BCUT2D eigenvalue weighted by molar-refractivity contribution is -0.120. The van der Waals surface area contributed by atoms with E-state index in [1.54, 1.807) is 0 Å². The van der Waals surface area contributed by atoms with Gasteiger partial charge in [-0.3, -0.25) is 4.79 Å². The standard InChI is InChI=1S/C14H26N2O/c1-14(8-4-5-9-14)11-15-10-13(17)16-12-6-2-3-7-12/h12,15H,2-11H2,1H3,(H,16,17). The molecule has 0 bridgehead atoms. The SMILES string of the molecule is CC1(CNCC(=O)NC2CCCC2)CCCC1. The van der Waals surface area contributed by atoms with Gasteiger partial charge in [-0.2, -0.15) is 0 Å². The summed E-state index contributed by atoms with van der Waals surface area (Å²) < 4.78 is 0. The molecule has 2 rings (SSSR count). The van der Waals surface area contributed by atoms with Crippen molar-refractivity contribution in [2.75, 3.05) is 13.1 Å². The summed E-state index contributed by atoms with van der Waals surface area (Å²) in [5.41, 5.74) is 0.438. The highest BCUT2D eigenvalue weighted by Gasteiger charge is 2.28. The summed E-state index contributed by atoms with van der Waals surface area (Å²) in [5.74, 6) is 0.179. The molecule has 98 valence electrons. The molecule has 2 aliphatic rings. The summed E-state index contributed by atoms with van der Waals surface area (Å²) in [6.07, 6.45) is 10.2. The summed E-state index contributed by atoms with van der Waals surface area (Å²) >= 11 is 0. The maximum Gasteiger partial charge on any atom is 0.234 e. The van der Waals surface area contributed by atoms with Gasteiger partial charge < -0.3 is 10.6 Å². The summed E-state index contributed by atoms with van der Waals surface area (Å²) in [5, 5.41) is 6.44. The Morgan fingerprint density at radius 1 is 1.18 bits per heavy atom. The zero-order valence-corrected chi connectivity index (χ0v) is 11.1. The van der Waals surface area contributed by atoms with Crippen molar-refractivity contribution in [2.24, 2.45) is 5.41 Å². The number of carbonyl (C=O) groups is 1. The van der Waals surface area contributed by atoms with E-state index in [4.69, 9.17) is 0 Å². The molecule has 0 aromatic rings. The molecule has 2 aliphatic carbocycles. The topological polar surface area (TPSA) is 41.1 Å². The molecule has 3 nitrogen and oxygen atoms in total. The molecule has 0 spiro atoms. The normalized spacial score (nSPS) is 24.1. The molecule has 0 atom stereocenters. The fraction of sp³-hybridized carbons (Fsp3) is 0.929. The van der Waals surface area contributed by atoms with Crippen LogP contribution in [0.5, 0.6) is 0 Å². The number of carbonyl (C=O) groups excluding carboxylic acids is 1. The third kappa shape index (κ3) is 3.98. The van der Waals surface area contributed by atoms with E-state index in [2.05, 4.69) is 17.6 Å². The molecular weight excluding hydrogens is 212 g/mol. The minimum atomic E-state index is 0.179. The van der Waals surface area contributed by atoms with E-state index in [1.807, 2.05) is 0 Å². The average Bonchev–Trinajstić information content (AvgIpc) is 2.90. The first-order valence-corrected chi connectivity index (χ1v) is 7.18. The molecule has 3 heteroatoms. The Hall–Kier alpha value is -0.570. The summed E-state index contributed by atoms with van der Waals surface area (Å²) in [6, 6.07) is 0.450. The van der Waals surface area contributed by atoms with Gasteiger partial charge in [0.05, 0.1) is 6.54 Å². The van der Waals surface area contributed by atoms with E-state index in [9.17, 15) is 4.79 Å². The Balaban J connectivity index is 1.59. The highest BCUT2D eigenvalue weighted by molar-refractivity contribution is 5.78. The van der Waals surface area contributed by atoms with Crippen molar-refractivity contribution in [1.29, 1.82) is 0 Å². The van der Waals surface area contributed by atoms with Gasteiger partial charge in [-0.1, -0.05) is 32.6 Å². The minimum absolute atomic E-state index is 0.179. The van der Waals surface area contributed by atoms with Gasteiger partial charge in [0.1, 0.15) is 0 Å². The third-order valence-corrected chi connectivity index (χ3v) is 4.37. The maximum absolute atomic E-state index is 11.7. The van der Waals surface area contributed by atoms with Gasteiger partial charge in [-0.05, 0) is 31.1 Å². The Morgan fingerprint density at radius 3 is 2.47 bits per heavy atom. The first kappa shape index (κ1) is 12.9. The van der Waals surface area contributed by atoms with Crippen LogP contribution >= 0.6 is 0 Å². The van der Waals surface area contributed by atoms with Gasteiger partial charge in [-0.25, -0.2) is 0 Å². The van der Waals surface area contributed by atoms with Crippen LogP contribution < -0.4 is 10.6 Å². The largest absolute Gasteiger partial charge is 0.352 e. The second kappa shape index (κ2) is 5.85. The number of nitrogens with one attached hydrogen (secondary N) is 2. The van der Waals surface area contributed by atoms with E-state index < -0.39 is 0 Å². The number of hydrogen-bond donors (Lipinski definition) is 2. The number of hydrogen-bond acceptors (Lipinski definition) is 2. The molecule has 0 unspecified atom stereocenters. The molecule has 17 heavy (non-hydrogen) atoms. The second-order valence-corrected chi connectivity index (χ2v) is 6.17. The van der Waals surface area contributed by atoms with Crippen LogP contribution in [0.3, 0.4) is 0 Å². The van der Waals surface area contributed by atoms with Gasteiger partial charge in [-0.15, -0.1) is 0 Å². The molecule has 2 saturated carbocycles. The van der Waals surface area contributed by atoms with Gasteiger partial charge >= 0.3 is 0 Å². The zero-order chi connectivity index (χ0) is 12.1. The average molecular weight is 238 g/mol. The molecular formula is C14H26N2O. The smallest absolute Gasteiger partial charge is 0.234 e. The van der Waals surface area contributed by atoms with Crippen LogP contribution in [-0.2, 0) is 4.79 Å². The molecule has 0 aliphatic heterocycles. The molecule has 0 saturated heterocycles. The van der Waals surface area contributed by atoms with Crippen LogP contribution in [0.2, 0.25) is 0 Å². The van der Waals surface area contributed by atoms with Crippen molar-refractivity contribution in [3.05, 3.63) is 0 Å². The molecule has 2 N–H and O–H groups in total. The predicted molar refractivity (Wildman–Crippen MR) is 69.8 cm³/mol. The molecule has 0 radical (unpaired) electrons. The fourth-order valence-electron chi connectivity index (χ4n) is 3.23. The summed E-state index contributed by atoms with van der Waals surface area (Å²) in [6.45, 7) is 3.82. The second-order valence-electron chi connectivity index (χ2n) is 6.17. The van der Waals surface area contributed by atoms with Gasteiger partial charge in [0.25, 0.3) is 0 Å². The molecule has 1 amide bonds. The summed E-state index contributed by atoms with van der Waals surface area (Å²) in [7, 11) is 0. The fourth-order valence-corrected chi connectivity index (χ4v) is 3.23. The third-order valence-electron chi connectivity index (χ3n) is 4.37. The van der Waals surface area contributed by atoms with Crippen LogP contribution in [0, 0.1) is 5.41 Å². The van der Waals surface area contributed by atoms with Crippen LogP contribution in [0.1, 0.15) is 58.3 Å². The van der Waals surface area contributed by atoms with Crippen LogP contribution in [0.15, 0.2) is 0 Å². The van der Waals surface area contributed by atoms with Gasteiger partial charge in [0.15, 0.2) is 0 Å². The van der Waals surface area contributed by atoms with Crippen molar-refractivity contribution in [3.8, 4) is 0 Å². The Morgan fingerprint density at radius 2 is 1.82 bits per heavy atom. The quantitative estimate of drug-likeness (QED) is 0.771. The van der Waals surface area contributed by atoms with E-state index in [0.29, 0.717) is 18.0 Å². The van der Waals surface area contributed by atoms with Crippen molar-refractivity contribution >= 4 is 5.91 Å². The van der Waals surface area contributed by atoms with Crippen LogP contribution in [-0.4, -0.2) is 25.0 Å². The lowest BCUT2D eigenvalue weighted by Crippen LogP contribution is -2.41. The van der Waals surface area contributed by atoms with Crippen molar-refractivity contribution in [3.63, 3.8) is 0 Å². The first-order chi connectivity index (χ1) is 8.18. The van der Waals surface area contributed by atoms with Crippen molar-refractivity contribution < 1.29 is 4.79 Å².